The van der Waals surface area contributed by atoms with E-state index in [0.29, 0.717) is 0 Å². The maximum Gasteiger partial charge on any atom is 0.0959 e. The molecule has 1 aromatic carbocycles. The van der Waals surface area contributed by atoms with Gasteiger partial charge in [0.2, 0.25) is 0 Å². The van der Waals surface area contributed by atoms with Crippen molar-refractivity contribution in [3.8, 4) is 0 Å². The van der Waals surface area contributed by atoms with Gasteiger partial charge < -0.3 is 5.11 Å². The van der Waals surface area contributed by atoms with Gasteiger partial charge in [-0.05, 0) is 24.0 Å². The average molecular weight is 291 g/mol. The number of hydrogen-bond acceptors (Lipinski definition) is 4. The Morgan fingerprint density at radius 1 is 1.16 bits per heavy atom. The van der Waals surface area contributed by atoms with Gasteiger partial charge in [0.05, 0.1) is 17.3 Å². The Morgan fingerprint density at radius 3 is 2.58 bits per heavy atom. The van der Waals surface area contributed by atoms with E-state index in [2.05, 4.69) is 17.5 Å². The van der Waals surface area contributed by atoms with Crippen molar-refractivity contribution in [2.75, 3.05) is 0 Å². The van der Waals surface area contributed by atoms with Gasteiger partial charge in [0.15, 0.2) is 0 Å². The molecule has 0 saturated heterocycles. The topological polar surface area (TPSA) is 33.1 Å². The second-order valence-corrected chi connectivity index (χ2v) is 6.79. The maximum absolute atomic E-state index is 8.99. The smallest absolute Gasteiger partial charge is 0.0959 e. The molecule has 2 nitrogen and oxygen atoms in total. The van der Waals surface area contributed by atoms with Crippen molar-refractivity contribution < 1.29 is 5.11 Å². The first-order valence-electron chi connectivity index (χ1n) is 6.56. The number of aromatic nitrogens is 1. The zero-order valence-corrected chi connectivity index (χ0v) is 12.3. The molecule has 100 valence electrons. The van der Waals surface area contributed by atoms with Crippen LogP contribution >= 0.6 is 23.1 Å². The fraction of sp³-hybridized carbons (Fsp3) is 0.400. The number of aliphatic hydroxyl groups is 1. The molecule has 0 aliphatic heterocycles. The average Bonchev–Trinajstić information content (AvgIpc) is 3.20. The molecule has 1 aromatic heterocycles. The van der Waals surface area contributed by atoms with Crippen LogP contribution in [0.4, 0.5) is 0 Å². The highest BCUT2D eigenvalue weighted by Gasteiger charge is 2.26. The van der Waals surface area contributed by atoms with Crippen LogP contribution in [0.5, 0.6) is 0 Å². The largest absolute Gasteiger partial charge is 0.392 e. The molecular formula is C15H17NOS2. The van der Waals surface area contributed by atoms with Gasteiger partial charge in [0, 0.05) is 22.8 Å². The minimum atomic E-state index is 0.121. The zero-order chi connectivity index (χ0) is 13.1. The van der Waals surface area contributed by atoms with E-state index in [1.165, 1.54) is 29.1 Å². The van der Waals surface area contributed by atoms with Crippen LogP contribution in [0.2, 0.25) is 0 Å². The van der Waals surface area contributed by atoms with Crippen molar-refractivity contribution in [2.24, 2.45) is 0 Å². The molecule has 0 atom stereocenters. The molecule has 0 amide bonds. The van der Waals surface area contributed by atoms with Crippen LogP contribution in [0.1, 0.15) is 40.6 Å². The predicted molar refractivity (Wildman–Crippen MR) is 81.5 cm³/mol. The second-order valence-electron chi connectivity index (χ2n) is 4.92. The van der Waals surface area contributed by atoms with Gasteiger partial charge in [-0.3, -0.25) is 0 Å². The first-order chi connectivity index (χ1) is 9.35. The number of aliphatic hydroxyl groups excluding tert-OH is 1. The monoisotopic (exact) mass is 291 g/mol. The third-order valence-corrected chi connectivity index (χ3v) is 5.31. The van der Waals surface area contributed by atoms with E-state index in [1.807, 2.05) is 35.2 Å². The number of hydrogen-bond donors (Lipinski definition) is 1. The Kier molecular flexibility index (Phi) is 4.21. The molecule has 0 radical (unpaired) electrons. The number of thioether (sulfide) groups is 1. The van der Waals surface area contributed by atoms with Gasteiger partial charge in [0.25, 0.3) is 0 Å². The van der Waals surface area contributed by atoms with E-state index in [-0.39, 0.29) is 6.61 Å². The van der Waals surface area contributed by atoms with Crippen LogP contribution in [0.15, 0.2) is 29.6 Å². The molecular weight excluding hydrogens is 274 g/mol. The quantitative estimate of drug-likeness (QED) is 0.875. The fourth-order valence-corrected chi connectivity index (χ4v) is 3.90. The van der Waals surface area contributed by atoms with E-state index in [9.17, 15) is 0 Å². The summed E-state index contributed by atoms with van der Waals surface area (Å²) >= 11 is 3.72. The van der Waals surface area contributed by atoms with Crippen LogP contribution in [0.25, 0.3) is 0 Å². The van der Waals surface area contributed by atoms with E-state index >= 15 is 0 Å². The van der Waals surface area contributed by atoms with Gasteiger partial charge in [-0.15, -0.1) is 11.3 Å². The summed E-state index contributed by atoms with van der Waals surface area (Å²) in [4.78, 5) is 4.70. The highest BCUT2D eigenvalue weighted by molar-refractivity contribution is 7.97. The van der Waals surface area contributed by atoms with Gasteiger partial charge in [-0.2, -0.15) is 11.8 Å². The van der Waals surface area contributed by atoms with E-state index < -0.39 is 0 Å². The van der Waals surface area contributed by atoms with Gasteiger partial charge in [-0.25, -0.2) is 4.98 Å². The summed E-state index contributed by atoms with van der Waals surface area (Å²) in [5, 5.41) is 12.5. The Labute approximate surface area is 121 Å². The lowest BCUT2D eigenvalue weighted by Gasteiger charge is -2.02. The molecule has 2 aromatic rings. The Morgan fingerprint density at radius 2 is 1.89 bits per heavy atom. The van der Waals surface area contributed by atoms with Gasteiger partial charge in [-0.1, -0.05) is 24.3 Å². The molecule has 3 rings (SSSR count). The standard InChI is InChI=1S/C15H17NOS2/c17-7-11-1-3-12(4-2-11)8-18-9-14-10-19-15(16-14)13-5-6-13/h1-4,10,13,17H,5-9H2. The minimum Gasteiger partial charge on any atom is -0.392 e. The lowest BCUT2D eigenvalue weighted by molar-refractivity contribution is 0.282. The first-order valence-corrected chi connectivity index (χ1v) is 8.59. The number of rotatable bonds is 6. The van der Waals surface area contributed by atoms with Crippen molar-refractivity contribution >= 4 is 23.1 Å². The number of benzene rings is 1. The third kappa shape index (κ3) is 3.59. The molecule has 0 bridgehead atoms. The summed E-state index contributed by atoms with van der Waals surface area (Å²) in [6, 6.07) is 8.16. The highest BCUT2D eigenvalue weighted by atomic mass is 32.2. The molecule has 1 saturated carbocycles. The number of thiazole rings is 1. The molecule has 1 fully saturated rings. The van der Waals surface area contributed by atoms with Crippen molar-refractivity contribution in [2.45, 2.75) is 36.9 Å². The lowest BCUT2D eigenvalue weighted by atomic mass is 10.2. The van der Waals surface area contributed by atoms with Crippen LogP contribution < -0.4 is 0 Å². The van der Waals surface area contributed by atoms with Crippen molar-refractivity contribution in [1.82, 2.24) is 4.98 Å². The first kappa shape index (κ1) is 13.2. The van der Waals surface area contributed by atoms with Gasteiger partial charge in [0.1, 0.15) is 0 Å². The van der Waals surface area contributed by atoms with Crippen LogP contribution in [0.3, 0.4) is 0 Å². The normalized spacial score (nSPS) is 14.8. The molecule has 4 heteroatoms. The van der Waals surface area contributed by atoms with Crippen LogP contribution in [0, 0.1) is 0 Å². The fourth-order valence-electron chi connectivity index (χ4n) is 1.92. The van der Waals surface area contributed by atoms with E-state index in [4.69, 9.17) is 10.1 Å². The summed E-state index contributed by atoms with van der Waals surface area (Å²) < 4.78 is 0. The summed E-state index contributed by atoms with van der Waals surface area (Å²) in [6.07, 6.45) is 2.66. The van der Waals surface area contributed by atoms with Crippen LogP contribution in [-0.2, 0) is 18.1 Å². The predicted octanol–water partition coefficient (Wildman–Crippen LogP) is 3.95. The van der Waals surface area contributed by atoms with Crippen molar-refractivity contribution in [3.05, 3.63) is 51.5 Å². The second kappa shape index (κ2) is 6.07. The Balaban J connectivity index is 1.48. The summed E-state index contributed by atoms with van der Waals surface area (Å²) in [7, 11) is 0. The minimum absolute atomic E-state index is 0.121. The third-order valence-electron chi connectivity index (χ3n) is 3.22. The molecule has 1 heterocycles. The zero-order valence-electron chi connectivity index (χ0n) is 10.7. The molecule has 1 aliphatic rings. The molecule has 0 spiro atoms. The Bertz CT molecular complexity index is 531. The lowest BCUT2D eigenvalue weighted by Crippen LogP contribution is -1.87. The van der Waals surface area contributed by atoms with Crippen molar-refractivity contribution in [1.29, 1.82) is 0 Å². The number of nitrogens with zero attached hydrogens (tertiary/aromatic N) is 1. The van der Waals surface area contributed by atoms with E-state index in [1.54, 1.807) is 0 Å². The molecule has 19 heavy (non-hydrogen) atoms. The summed E-state index contributed by atoms with van der Waals surface area (Å²) in [5.41, 5.74) is 3.51. The SMILES string of the molecule is OCc1ccc(CSCc2csc(C3CC3)n2)cc1. The van der Waals surface area contributed by atoms with Gasteiger partial charge >= 0.3 is 0 Å². The van der Waals surface area contributed by atoms with Crippen molar-refractivity contribution in [3.63, 3.8) is 0 Å². The summed E-state index contributed by atoms with van der Waals surface area (Å²) in [6.45, 7) is 0.121. The molecule has 1 aliphatic carbocycles. The molecule has 1 N–H and O–H groups in total. The summed E-state index contributed by atoms with van der Waals surface area (Å²) in [5.74, 6) is 2.77. The highest BCUT2D eigenvalue weighted by Crippen LogP contribution is 2.41. The van der Waals surface area contributed by atoms with E-state index in [0.717, 1.165) is 23.0 Å². The maximum atomic E-state index is 8.99. The van der Waals surface area contributed by atoms with Crippen LogP contribution in [-0.4, -0.2) is 10.1 Å². The molecule has 0 unspecified atom stereocenters. The Hall–Kier alpha value is -0.840.